The van der Waals surface area contributed by atoms with Crippen LogP contribution in [0.15, 0.2) is 24.3 Å². The third kappa shape index (κ3) is 5.07. The van der Waals surface area contributed by atoms with Gasteiger partial charge in [-0.15, -0.1) is 10.2 Å². The first-order chi connectivity index (χ1) is 15.5. The number of benzene rings is 1. The van der Waals surface area contributed by atoms with Crippen molar-refractivity contribution in [3.63, 3.8) is 0 Å². The number of carbonyl (C=O) groups is 3. The van der Waals surface area contributed by atoms with Gasteiger partial charge < -0.3 is 19.9 Å². The van der Waals surface area contributed by atoms with Crippen LogP contribution in [0.25, 0.3) is 0 Å². The minimum absolute atomic E-state index is 0.113. The molecular weight excluding hydrogens is 430 g/mol. The normalized spacial score (nSPS) is 18.8. The van der Waals surface area contributed by atoms with Crippen LogP contribution in [-0.2, 0) is 4.79 Å². The predicted octanol–water partition coefficient (Wildman–Crippen LogP) is 2.66. The molecule has 9 nitrogen and oxygen atoms in total. The van der Waals surface area contributed by atoms with E-state index in [0.29, 0.717) is 24.5 Å². The van der Waals surface area contributed by atoms with Gasteiger partial charge in [-0.05, 0) is 56.4 Å². The van der Waals surface area contributed by atoms with Crippen molar-refractivity contribution in [2.24, 2.45) is 5.92 Å². The van der Waals surface area contributed by atoms with Crippen LogP contribution in [0.1, 0.15) is 51.7 Å². The molecule has 0 unspecified atom stereocenters. The van der Waals surface area contributed by atoms with Crippen LogP contribution in [0.3, 0.4) is 0 Å². The zero-order valence-corrected chi connectivity index (χ0v) is 18.9. The van der Waals surface area contributed by atoms with Crippen LogP contribution < -0.4 is 10.1 Å². The lowest BCUT2D eigenvalue weighted by Crippen LogP contribution is -2.47. The lowest BCUT2D eigenvalue weighted by molar-refractivity contribution is -0.137. The molecule has 2 aromatic rings. The van der Waals surface area contributed by atoms with Crippen molar-refractivity contribution < 1.29 is 19.1 Å². The summed E-state index contributed by atoms with van der Waals surface area (Å²) >= 11 is 0.962. The van der Waals surface area contributed by atoms with Gasteiger partial charge >= 0.3 is 0 Å². The second kappa shape index (κ2) is 10.1. The molecule has 1 aromatic heterocycles. The molecule has 1 N–H and O–H groups in total. The lowest BCUT2D eigenvalue weighted by Gasteiger charge is -2.35. The van der Waals surface area contributed by atoms with Gasteiger partial charge in [-0.1, -0.05) is 11.3 Å². The van der Waals surface area contributed by atoms with Gasteiger partial charge in [0.1, 0.15) is 5.75 Å². The predicted molar refractivity (Wildman–Crippen MR) is 120 cm³/mol. The Labute approximate surface area is 190 Å². The van der Waals surface area contributed by atoms with Gasteiger partial charge in [0.15, 0.2) is 0 Å². The highest BCUT2D eigenvalue weighted by atomic mass is 32.1. The fourth-order valence-corrected chi connectivity index (χ4v) is 4.84. The van der Waals surface area contributed by atoms with Crippen LogP contribution in [0.4, 0.5) is 5.69 Å². The molecule has 4 rings (SSSR count). The van der Waals surface area contributed by atoms with E-state index in [9.17, 15) is 14.4 Å². The minimum atomic E-state index is -0.427. The third-order valence-electron chi connectivity index (χ3n) is 5.88. The van der Waals surface area contributed by atoms with Crippen LogP contribution >= 0.6 is 11.3 Å². The summed E-state index contributed by atoms with van der Waals surface area (Å²) in [4.78, 5) is 41.9. The average molecular weight is 458 g/mol. The first-order valence-electron chi connectivity index (χ1n) is 10.9. The number of hydrogen-bond donors (Lipinski definition) is 1. The van der Waals surface area contributed by atoms with Gasteiger partial charge in [0.05, 0.1) is 13.0 Å². The minimum Gasteiger partial charge on any atom is -0.497 e. The number of rotatable bonds is 5. The summed E-state index contributed by atoms with van der Waals surface area (Å²) in [5.74, 6) is -0.0355. The maximum atomic E-state index is 13.0. The number of nitrogens with one attached hydrogen (secondary N) is 1. The number of aromatic nitrogens is 2. The number of anilines is 1. The van der Waals surface area contributed by atoms with Crippen LogP contribution in [0.2, 0.25) is 0 Å². The molecule has 32 heavy (non-hydrogen) atoms. The Hall–Kier alpha value is -3.01. The number of ether oxygens (including phenoxy) is 1. The molecule has 0 bridgehead atoms. The second-order valence-corrected chi connectivity index (χ2v) is 9.05. The Bertz CT molecular complexity index is 971. The molecule has 3 amide bonds. The summed E-state index contributed by atoms with van der Waals surface area (Å²) in [6.07, 6.45) is 4.84. The molecule has 2 fully saturated rings. The molecule has 0 saturated carbocycles. The van der Waals surface area contributed by atoms with Crippen LogP contribution in [0.5, 0.6) is 5.75 Å². The van der Waals surface area contributed by atoms with E-state index in [-0.39, 0.29) is 27.7 Å². The van der Waals surface area contributed by atoms with Crippen molar-refractivity contribution in [3.05, 3.63) is 34.3 Å². The van der Waals surface area contributed by atoms with Crippen molar-refractivity contribution in [1.82, 2.24) is 20.0 Å². The smallest absolute Gasteiger partial charge is 0.286 e. The second-order valence-electron chi connectivity index (χ2n) is 8.07. The summed E-state index contributed by atoms with van der Waals surface area (Å²) in [6, 6.07) is 6.92. The Balaban J connectivity index is 1.36. The number of nitrogens with zero attached hydrogens (tertiary/aromatic N) is 4. The molecule has 1 aromatic carbocycles. The van der Waals surface area contributed by atoms with Crippen molar-refractivity contribution >= 4 is 34.7 Å². The molecule has 2 saturated heterocycles. The Morgan fingerprint density at radius 2 is 1.66 bits per heavy atom. The maximum Gasteiger partial charge on any atom is 0.286 e. The molecule has 3 heterocycles. The number of likely N-dealkylation sites (tertiary alicyclic amines) is 2. The molecule has 1 atom stereocenters. The average Bonchev–Trinajstić information content (AvgIpc) is 3.35. The molecule has 0 radical (unpaired) electrons. The van der Waals surface area contributed by atoms with Crippen molar-refractivity contribution in [2.45, 2.75) is 32.1 Å². The number of carbonyl (C=O) groups excluding carboxylic acids is 3. The summed E-state index contributed by atoms with van der Waals surface area (Å²) in [5, 5.41) is 10.9. The van der Waals surface area contributed by atoms with E-state index >= 15 is 0 Å². The van der Waals surface area contributed by atoms with E-state index in [1.165, 1.54) is 6.42 Å². The zero-order valence-electron chi connectivity index (χ0n) is 18.1. The number of methoxy groups -OCH3 is 1. The zero-order chi connectivity index (χ0) is 22.5. The highest BCUT2D eigenvalue weighted by molar-refractivity contribution is 7.15. The van der Waals surface area contributed by atoms with E-state index in [4.69, 9.17) is 4.74 Å². The number of piperidine rings is 2. The van der Waals surface area contributed by atoms with E-state index < -0.39 is 5.91 Å². The van der Waals surface area contributed by atoms with Gasteiger partial charge in [0, 0.05) is 31.9 Å². The fourth-order valence-electron chi connectivity index (χ4n) is 4.13. The lowest BCUT2D eigenvalue weighted by atomic mass is 9.95. The quantitative estimate of drug-likeness (QED) is 0.740. The number of amides is 3. The molecule has 2 aliphatic rings. The van der Waals surface area contributed by atoms with Crippen LogP contribution in [0, 0.1) is 5.92 Å². The van der Waals surface area contributed by atoms with E-state index in [1.807, 2.05) is 4.90 Å². The molecule has 2 aliphatic heterocycles. The van der Waals surface area contributed by atoms with Gasteiger partial charge in [0.2, 0.25) is 15.9 Å². The van der Waals surface area contributed by atoms with Gasteiger partial charge in [0.25, 0.3) is 11.8 Å². The third-order valence-corrected chi connectivity index (χ3v) is 6.79. The summed E-state index contributed by atoms with van der Waals surface area (Å²) in [7, 11) is 1.57. The summed E-state index contributed by atoms with van der Waals surface area (Å²) in [6.45, 7) is 2.59. The van der Waals surface area contributed by atoms with Gasteiger partial charge in [-0.3, -0.25) is 14.4 Å². The van der Waals surface area contributed by atoms with Crippen molar-refractivity contribution in [1.29, 1.82) is 0 Å². The molecule has 10 heteroatoms. The first-order valence-corrected chi connectivity index (χ1v) is 11.7. The SMILES string of the molecule is COc1ccc(NC(=O)c2nnc(C(=O)N3CCC[C@@H](C(=O)N4CCCCC4)C3)s2)cc1. The Morgan fingerprint density at radius 3 is 2.38 bits per heavy atom. The van der Waals surface area contributed by atoms with Crippen molar-refractivity contribution in [2.75, 3.05) is 38.6 Å². The van der Waals surface area contributed by atoms with Crippen molar-refractivity contribution in [3.8, 4) is 5.75 Å². The fraction of sp³-hybridized carbons (Fsp3) is 0.500. The van der Waals surface area contributed by atoms with E-state index in [0.717, 1.165) is 50.1 Å². The highest BCUT2D eigenvalue weighted by Gasteiger charge is 2.33. The summed E-state index contributed by atoms with van der Waals surface area (Å²) < 4.78 is 5.10. The van der Waals surface area contributed by atoms with E-state index in [1.54, 1.807) is 36.3 Å². The largest absolute Gasteiger partial charge is 0.497 e. The highest BCUT2D eigenvalue weighted by Crippen LogP contribution is 2.24. The first kappa shape index (κ1) is 22.2. The topological polar surface area (TPSA) is 105 Å². The molecule has 0 spiro atoms. The van der Waals surface area contributed by atoms with E-state index in [2.05, 4.69) is 15.5 Å². The monoisotopic (exact) mass is 457 g/mol. The Morgan fingerprint density at radius 1 is 0.969 bits per heavy atom. The summed E-state index contributed by atoms with van der Waals surface area (Å²) in [5.41, 5.74) is 0.592. The molecule has 0 aliphatic carbocycles. The maximum absolute atomic E-state index is 13.0. The number of hydrogen-bond acceptors (Lipinski definition) is 7. The standard InChI is InChI=1S/C22H27N5O4S/c1-31-17-9-7-16(8-10-17)23-18(28)19-24-25-20(32-19)22(30)27-13-5-6-15(14-27)21(29)26-11-3-2-4-12-26/h7-10,15H,2-6,11-14H2,1H3,(H,23,28)/t15-/m1/s1. The Kier molecular flexibility index (Phi) is 6.99. The molecule has 170 valence electrons. The van der Waals surface area contributed by atoms with Gasteiger partial charge in [-0.2, -0.15) is 0 Å². The molecular formula is C22H27N5O4S. The van der Waals surface area contributed by atoms with Crippen LogP contribution in [-0.4, -0.2) is 71.0 Å². The van der Waals surface area contributed by atoms with Gasteiger partial charge in [-0.25, -0.2) is 0 Å².